The number of hydrogen-bond acceptors (Lipinski definition) is 9. The largest absolute Gasteiger partial charge is 0.481 e. The van der Waals surface area contributed by atoms with Crippen molar-refractivity contribution in [3.05, 3.63) is 71.8 Å². The van der Waals surface area contributed by atoms with Crippen molar-refractivity contribution in [2.24, 2.45) is 11.8 Å². The molecule has 11 nitrogen and oxygen atoms in total. The third-order valence-electron chi connectivity index (χ3n) is 6.85. The molecule has 1 amide bonds. The average molecular weight is 688 g/mol. The van der Waals surface area contributed by atoms with Gasteiger partial charge < -0.3 is 24.1 Å². The van der Waals surface area contributed by atoms with Crippen molar-refractivity contribution >= 4 is 23.8 Å². The van der Waals surface area contributed by atoms with E-state index in [0.717, 1.165) is 16.2 Å². The number of amides is 1. The molecule has 0 radical (unpaired) electrons. The van der Waals surface area contributed by atoms with Crippen LogP contribution in [0.5, 0.6) is 0 Å². The molecule has 0 aliphatic heterocycles. The van der Waals surface area contributed by atoms with Crippen LogP contribution in [0.3, 0.4) is 0 Å². The maximum atomic E-state index is 12.4. The highest BCUT2D eigenvalue weighted by atomic mass is 16.7. The number of carbonyl (C=O) groups excluding carboxylic acids is 3. The van der Waals surface area contributed by atoms with Crippen LogP contribution < -0.4 is 0 Å². The summed E-state index contributed by atoms with van der Waals surface area (Å²) in [6.45, 7) is 12.7. The molecule has 2 rings (SSSR count). The Balaban J connectivity index is 0.000000494. The molecule has 0 bridgehead atoms. The third kappa shape index (κ3) is 21.7. The molecule has 2 aromatic rings. The van der Waals surface area contributed by atoms with E-state index in [1.165, 1.54) is 14.2 Å². The molecule has 2 unspecified atom stereocenters. The number of nitrogens with zero attached hydrogens (tertiary/aromatic N) is 1. The lowest BCUT2D eigenvalue weighted by molar-refractivity contribution is -0.177. The minimum atomic E-state index is -0.973. The normalized spacial score (nSPS) is 12.6. The summed E-state index contributed by atoms with van der Waals surface area (Å²) < 4.78 is 21.7. The molecule has 0 aliphatic carbocycles. The van der Waals surface area contributed by atoms with Gasteiger partial charge in [-0.25, -0.2) is 5.06 Å². The Morgan fingerprint density at radius 3 is 1.43 bits per heavy atom. The Morgan fingerprint density at radius 2 is 1.06 bits per heavy atom. The first-order valence-electron chi connectivity index (χ1n) is 16.7. The van der Waals surface area contributed by atoms with Gasteiger partial charge >= 0.3 is 17.9 Å². The smallest absolute Gasteiger partial charge is 0.307 e. The molecular formula is C38H57NO10. The Morgan fingerprint density at radius 1 is 0.673 bits per heavy atom. The Hall–Kier alpha value is -3.80. The van der Waals surface area contributed by atoms with Crippen LogP contribution in [0.4, 0.5) is 0 Å². The van der Waals surface area contributed by atoms with Gasteiger partial charge in [-0.3, -0.25) is 24.0 Å². The van der Waals surface area contributed by atoms with Crippen molar-refractivity contribution < 1.29 is 48.1 Å². The number of rotatable bonds is 19. The predicted octanol–water partition coefficient (Wildman–Crippen LogP) is 6.77. The third-order valence-corrected chi connectivity index (χ3v) is 6.85. The molecule has 0 aliphatic rings. The molecule has 0 saturated heterocycles. The summed E-state index contributed by atoms with van der Waals surface area (Å²) in [5.41, 5.74) is 1.01. The second-order valence-electron chi connectivity index (χ2n) is 13.7. The lowest BCUT2D eigenvalue weighted by Crippen LogP contribution is -2.35. The van der Waals surface area contributed by atoms with E-state index < -0.39 is 35.0 Å². The van der Waals surface area contributed by atoms with Crippen LogP contribution in [0.15, 0.2) is 60.7 Å². The van der Waals surface area contributed by atoms with Crippen molar-refractivity contribution in [2.45, 2.75) is 104 Å². The summed E-state index contributed by atoms with van der Waals surface area (Å²) in [4.78, 5) is 52.4. The van der Waals surface area contributed by atoms with Gasteiger partial charge in [-0.2, -0.15) is 0 Å². The summed E-state index contributed by atoms with van der Waals surface area (Å²) >= 11 is 0. The van der Waals surface area contributed by atoms with E-state index in [4.69, 9.17) is 23.8 Å². The van der Waals surface area contributed by atoms with Gasteiger partial charge in [0.1, 0.15) is 11.2 Å². The SMILES string of the molecule is CC(C)(C)OC(=O)CC(CCCOCc1ccccc1)C(=O)O.CON(C)C(=O)C(CCCOCc1ccccc1)CC(=O)OC(C)(C)C. The topological polar surface area (TPSA) is 138 Å². The molecule has 2 aromatic carbocycles. The van der Waals surface area contributed by atoms with Crippen LogP contribution >= 0.6 is 0 Å². The van der Waals surface area contributed by atoms with Gasteiger partial charge in [-0.15, -0.1) is 0 Å². The van der Waals surface area contributed by atoms with Crippen molar-refractivity contribution in [1.29, 1.82) is 0 Å². The van der Waals surface area contributed by atoms with Gasteiger partial charge in [0, 0.05) is 20.3 Å². The summed E-state index contributed by atoms with van der Waals surface area (Å²) in [6.07, 6.45) is 2.11. The number of esters is 2. The zero-order chi connectivity index (χ0) is 36.9. The average Bonchev–Trinajstić information content (AvgIpc) is 3.02. The summed E-state index contributed by atoms with van der Waals surface area (Å²) in [7, 11) is 2.96. The number of hydroxylamine groups is 2. The first-order chi connectivity index (χ1) is 23.0. The fraction of sp³-hybridized carbons (Fsp3) is 0.579. The predicted molar refractivity (Wildman–Crippen MR) is 186 cm³/mol. The van der Waals surface area contributed by atoms with E-state index in [2.05, 4.69) is 0 Å². The van der Waals surface area contributed by atoms with Crippen molar-refractivity contribution in [3.63, 3.8) is 0 Å². The maximum Gasteiger partial charge on any atom is 0.307 e. The van der Waals surface area contributed by atoms with E-state index in [1.807, 2.05) is 60.7 Å². The van der Waals surface area contributed by atoms with Gasteiger partial charge in [0.25, 0.3) is 0 Å². The second-order valence-corrected chi connectivity index (χ2v) is 13.7. The number of carboxylic acid groups (broad SMARTS) is 1. The van der Waals surface area contributed by atoms with Gasteiger partial charge in [0.2, 0.25) is 5.91 Å². The highest BCUT2D eigenvalue weighted by Crippen LogP contribution is 2.19. The van der Waals surface area contributed by atoms with E-state index in [0.29, 0.717) is 52.1 Å². The van der Waals surface area contributed by atoms with Crippen molar-refractivity contribution in [2.75, 3.05) is 27.4 Å². The fourth-order valence-corrected chi connectivity index (χ4v) is 4.53. The Kier molecular flexibility index (Phi) is 20.1. The summed E-state index contributed by atoms with van der Waals surface area (Å²) in [5, 5.41) is 10.4. The van der Waals surface area contributed by atoms with E-state index >= 15 is 0 Å². The molecule has 0 heterocycles. The zero-order valence-electron chi connectivity index (χ0n) is 30.6. The minimum absolute atomic E-state index is 0.0302. The summed E-state index contributed by atoms with van der Waals surface area (Å²) in [5.74, 6) is -3.29. The van der Waals surface area contributed by atoms with E-state index in [9.17, 15) is 24.3 Å². The van der Waals surface area contributed by atoms with Crippen LogP contribution in [-0.4, -0.2) is 72.6 Å². The van der Waals surface area contributed by atoms with Crippen LogP contribution in [0.25, 0.3) is 0 Å². The first kappa shape index (κ1) is 43.2. The van der Waals surface area contributed by atoms with Crippen LogP contribution in [0.1, 0.15) is 91.2 Å². The number of benzene rings is 2. The molecule has 0 saturated carbocycles. The van der Waals surface area contributed by atoms with Gasteiger partial charge in [-0.1, -0.05) is 60.7 Å². The van der Waals surface area contributed by atoms with Crippen molar-refractivity contribution in [1.82, 2.24) is 5.06 Å². The monoisotopic (exact) mass is 687 g/mol. The lowest BCUT2D eigenvalue weighted by Gasteiger charge is -2.24. The molecule has 0 fully saturated rings. The molecular weight excluding hydrogens is 630 g/mol. The van der Waals surface area contributed by atoms with E-state index in [1.54, 1.807) is 41.5 Å². The van der Waals surface area contributed by atoms with Crippen molar-refractivity contribution in [3.8, 4) is 0 Å². The molecule has 11 heteroatoms. The molecule has 0 spiro atoms. The van der Waals surface area contributed by atoms with Gasteiger partial charge in [-0.05, 0) is 78.4 Å². The first-order valence-corrected chi connectivity index (χ1v) is 16.7. The zero-order valence-corrected chi connectivity index (χ0v) is 30.6. The molecule has 2 atom stereocenters. The second kappa shape index (κ2) is 22.8. The highest BCUT2D eigenvalue weighted by molar-refractivity contribution is 5.83. The molecule has 1 N–H and O–H groups in total. The van der Waals surface area contributed by atoms with Crippen LogP contribution in [-0.2, 0) is 56.2 Å². The van der Waals surface area contributed by atoms with Crippen LogP contribution in [0, 0.1) is 11.8 Å². The Bertz CT molecular complexity index is 1240. The molecule has 0 aromatic heterocycles. The minimum Gasteiger partial charge on any atom is -0.481 e. The molecule has 274 valence electrons. The fourth-order valence-electron chi connectivity index (χ4n) is 4.53. The Labute approximate surface area is 292 Å². The number of ether oxygens (including phenoxy) is 4. The standard InChI is InChI=1S/C20H31NO5.C18H26O5/c1-20(2,3)26-18(22)14-17(19(23)21(4)24-5)12-9-13-25-15-16-10-7-6-8-11-16;1-18(2,3)23-16(19)12-15(17(20)21)10-7-11-22-13-14-8-5-4-6-9-14/h6-8,10-11,17H,9,12-15H2,1-5H3;4-6,8-9,15H,7,10-13H2,1-3H3,(H,20,21). The maximum absolute atomic E-state index is 12.4. The van der Waals surface area contributed by atoms with Crippen LogP contribution in [0.2, 0.25) is 0 Å². The number of hydrogen-bond donors (Lipinski definition) is 1. The number of aliphatic carboxylic acids is 1. The van der Waals surface area contributed by atoms with Gasteiger partial charge in [0.15, 0.2) is 0 Å². The van der Waals surface area contributed by atoms with E-state index in [-0.39, 0.29) is 24.7 Å². The number of carbonyl (C=O) groups is 4. The summed E-state index contributed by atoms with van der Waals surface area (Å²) in [6, 6.07) is 19.7. The quantitative estimate of drug-likeness (QED) is 0.0957. The highest BCUT2D eigenvalue weighted by Gasteiger charge is 2.28. The number of carboxylic acids is 1. The lowest BCUT2D eigenvalue weighted by atomic mass is 9.98. The van der Waals surface area contributed by atoms with Gasteiger partial charge in [0.05, 0.1) is 45.0 Å². The molecule has 49 heavy (non-hydrogen) atoms.